The van der Waals surface area contributed by atoms with Gasteiger partial charge in [0.15, 0.2) is 0 Å². The average Bonchev–Trinajstić information content (AvgIpc) is 3.33. The van der Waals surface area contributed by atoms with Gasteiger partial charge < -0.3 is 19.9 Å². The first-order valence-electron chi connectivity index (χ1n) is 12.2. The molecular formula is C29H29N3O4. The van der Waals surface area contributed by atoms with Crippen molar-refractivity contribution < 1.29 is 19.1 Å². The van der Waals surface area contributed by atoms with Crippen LogP contribution in [0.5, 0.6) is 5.75 Å². The number of nitrogens with one attached hydrogen (secondary N) is 1. The summed E-state index contributed by atoms with van der Waals surface area (Å²) in [5.41, 5.74) is 3.46. The molecule has 0 saturated carbocycles. The quantitative estimate of drug-likeness (QED) is 0.577. The highest BCUT2D eigenvalue weighted by atomic mass is 16.5. The van der Waals surface area contributed by atoms with Crippen molar-refractivity contribution in [3.63, 3.8) is 0 Å². The second-order valence-corrected chi connectivity index (χ2v) is 9.18. The number of benzene rings is 3. The van der Waals surface area contributed by atoms with Crippen LogP contribution in [-0.2, 0) is 20.8 Å². The van der Waals surface area contributed by atoms with Crippen molar-refractivity contribution in [3.05, 3.63) is 90.0 Å². The minimum Gasteiger partial charge on any atom is -0.497 e. The van der Waals surface area contributed by atoms with E-state index >= 15 is 0 Å². The molecule has 5 rings (SSSR count). The molecular weight excluding hydrogens is 454 g/mol. The highest BCUT2D eigenvalue weighted by Crippen LogP contribution is 2.31. The van der Waals surface area contributed by atoms with Gasteiger partial charge in [0.05, 0.1) is 13.0 Å². The molecule has 7 nitrogen and oxygen atoms in total. The minimum atomic E-state index is -0.838. The molecule has 1 N–H and O–H groups in total. The van der Waals surface area contributed by atoms with Crippen LogP contribution in [0.25, 0.3) is 0 Å². The molecule has 2 aliphatic heterocycles. The molecule has 2 aliphatic rings. The van der Waals surface area contributed by atoms with E-state index in [0.717, 1.165) is 35.3 Å². The molecule has 0 radical (unpaired) electrons. The highest BCUT2D eigenvalue weighted by Gasteiger charge is 2.38. The third-order valence-corrected chi connectivity index (χ3v) is 6.92. The van der Waals surface area contributed by atoms with Gasteiger partial charge >= 0.3 is 0 Å². The van der Waals surface area contributed by atoms with Gasteiger partial charge in [0.2, 0.25) is 11.8 Å². The number of anilines is 2. The molecule has 2 atom stereocenters. The lowest BCUT2D eigenvalue weighted by molar-refractivity contribution is -0.130. The fourth-order valence-electron chi connectivity index (χ4n) is 5.01. The molecule has 0 unspecified atom stereocenters. The van der Waals surface area contributed by atoms with E-state index < -0.39 is 12.0 Å². The molecule has 184 valence electrons. The van der Waals surface area contributed by atoms with Gasteiger partial charge in [-0.25, -0.2) is 0 Å². The van der Waals surface area contributed by atoms with E-state index in [0.29, 0.717) is 12.3 Å². The predicted molar refractivity (Wildman–Crippen MR) is 138 cm³/mol. The molecule has 3 amide bonds. The number of hydrogen-bond donors (Lipinski definition) is 1. The summed E-state index contributed by atoms with van der Waals surface area (Å²) < 4.78 is 5.19. The van der Waals surface area contributed by atoms with Gasteiger partial charge in [-0.1, -0.05) is 48.5 Å². The Hall–Kier alpha value is -4.13. The van der Waals surface area contributed by atoms with E-state index in [1.165, 1.54) is 0 Å². The van der Waals surface area contributed by atoms with Crippen LogP contribution in [0.15, 0.2) is 78.9 Å². The van der Waals surface area contributed by atoms with Crippen molar-refractivity contribution in [1.82, 2.24) is 5.32 Å². The van der Waals surface area contributed by atoms with Crippen molar-refractivity contribution in [2.45, 2.75) is 25.3 Å². The number of rotatable bonds is 6. The van der Waals surface area contributed by atoms with E-state index in [9.17, 15) is 14.4 Å². The van der Waals surface area contributed by atoms with Gasteiger partial charge in [-0.3, -0.25) is 14.4 Å². The van der Waals surface area contributed by atoms with Crippen LogP contribution in [-0.4, -0.2) is 37.9 Å². The number of fused-ring (bicyclic) bond motifs is 1. The summed E-state index contributed by atoms with van der Waals surface area (Å²) in [5, 5.41) is 2.98. The summed E-state index contributed by atoms with van der Waals surface area (Å²) >= 11 is 0. The normalized spacial score (nSPS) is 17.9. The molecule has 36 heavy (non-hydrogen) atoms. The van der Waals surface area contributed by atoms with Gasteiger partial charge in [0.25, 0.3) is 5.91 Å². The highest BCUT2D eigenvalue weighted by molar-refractivity contribution is 6.03. The molecule has 7 heteroatoms. The topological polar surface area (TPSA) is 79.0 Å². The molecule has 1 fully saturated rings. The number of carbonyl (C=O) groups is 3. The zero-order valence-electron chi connectivity index (χ0n) is 20.2. The number of aryl methyl sites for hydroxylation is 1. The Balaban J connectivity index is 1.36. The monoisotopic (exact) mass is 483 g/mol. The second-order valence-electron chi connectivity index (χ2n) is 9.18. The molecule has 0 aromatic heterocycles. The zero-order valence-corrected chi connectivity index (χ0v) is 20.2. The van der Waals surface area contributed by atoms with E-state index in [1.807, 2.05) is 54.6 Å². The van der Waals surface area contributed by atoms with Crippen LogP contribution in [0, 0.1) is 5.92 Å². The van der Waals surface area contributed by atoms with Gasteiger partial charge in [-0.2, -0.15) is 0 Å². The summed E-state index contributed by atoms with van der Waals surface area (Å²) in [6.07, 6.45) is 1.89. The van der Waals surface area contributed by atoms with Crippen molar-refractivity contribution >= 4 is 29.1 Å². The van der Waals surface area contributed by atoms with Crippen LogP contribution in [0.1, 0.15) is 30.0 Å². The largest absolute Gasteiger partial charge is 0.497 e. The maximum atomic E-state index is 13.8. The van der Waals surface area contributed by atoms with Gasteiger partial charge in [-0.15, -0.1) is 0 Å². The average molecular weight is 484 g/mol. The number of amides is 3. The number of methoxy groups -OCH3 is 1. The molecule has 0 aliphatic carbocycles. The van der Waals surface area contributed by atoms with Crippen LogP contribution < -0.4 is 19.9 Å². The van der Waals surface area contributed by atoms with Crippen molar-refractivity contribution in [3.8, 4) is 5.75 Å². The number of para-hydroxylation sites is 1. The fourth-order valence-corrected chi connectivity index (χ4v) is 5.01. The van der Waals surface area contributed by atoms with Gasteiger partial charge in [0.1, 0.15) is 11.8 Å². The van der Waals surface area contributed by atoms with Crippen molar-refractivity contribution in [2.24, 2.45) is 5.92 Å². The third kappa shape index (κ3) is 4.69. The summed E-state index contributed by atoms with van der Waals surface area (Å²) in [6, 6.07) is 23.6. The Morgan fingerprint density at radius 1 is 0.972 bits per heavy atom. The fraction of sp³-hybridized carbons (Fsp3) is 0.276. The Morgan fingerprint density at radius 2 is 1.69 bits per heavy atom. The molecule has 1 saturated heterocycles. The number of carbonyl (C=O) groups excluding carboxylic acids is 3. The smallest absolute Gasteiger partial charge is 0.254 e. The molecule has 3 aromatic carbocycles. The first-order valence-corrected chi connectivity index (χ1v) is 12.2. The zero-order chi connectivity index (χ0) is 25.1. The first kappa shape index (κ1) is 23.6. The summed E-state index contributed by atoms with van der Waals surface area (Å²) in [5.74, 6) is -0.437. The second kappa shape index (κ2) is 10.2. The molecule has 0 spiro atoms. The van der Waals surface area contributed by atoms with Gasteiger partial charge in [-0.05, 0) is 54.3 Å². The Kier molecular flexibility index (Phi) is 6.71. The lowest BCUT2D eigenvalue weighted by atomic mass is 9.98. The van der Waals surface area contributed by atoms with Crippen molar-refractivity contribution in [1.29, 1.82) is 0 Å². The summed E-state index contributed by atoms with van der Waals surface area (Å²) in [7, 11) is 1.59. The minimum absolute atomic E-state index is 0.0973. The predicted octanol–water partition coefficient (Wildman–Crippen LogP) is 3.89. The lowest BCUT2D eigenvalue weighted by Gasteiger charge is -2.33. The number of hydrogen-bond acceptors (Lipinski definition) is 4. The molecule has 0 bridgehead atoms. The Labute approximate surface area is 210 Å². The van der Waals surface area contributed by atoms with Crippen molar-refractivity contribution in [2.75, 3.05) is 30.0 Å². The molecule has 3 aromatic rings. The van der Waals surface area contributed by atoms with E-state index in [-0.39, 0.29) is 30.7 Å². The lowest BCUT2D eigenvalue weighted by Crippen LogP contribution is -2.46. The summed E-state index contributed by atoms with van der Waals surface area (Å²) in [6.45, 7) is 0.863. The third-order valence-electron chi connectivity index (χ3n) is 6.92. The summed E-state index contributed by atoms with van der Waals surface area (Å²) in [4.78, 5) is 43.4. The Bertz CT molecular complexity index is 1260. The molecule has 2 heterocycles. The van der Waals surface area contributed by atoms with Crippen LogP contribution in [0.2, 0.25) is 0 Å². The maximum absolute atomic E-state index is 13.8. The van der Waals surface area contributed by atoms with Crippen LogP contribution >= 0.6 is 0 Å². The van der Waals surface area contributed by atoms with Crippen LogP contribution in [0.3, 0.4) is 0 Å². The van der Waals surface area contributed by atoms with E-state index in [4.69, 9.17) is 4.74 Å². The standard InChI is InChI=1S/C29H29N3O4/c1-36-24-15-13-23(14-16-24)32-19-22(18-26(32)33)28(34)30-27(21-9-3-2-4-10-21)29(35)31-17-7-11-20-8-5-6-12-25(20)31/h2-6,8-10,12-16,22,27H,7,11,17-19H2,1H3,(H,30,34)/t22-,27-/m1/s1. The van der Waals surface area contributed by atoms with Crippen LogP contribution in [0.4, 0.5) is 11.4 Å². The van der Waals surface area contributed by atoms with E-state index in [2.05, 4.69) is 5.32 Å². The maximum Gasteiger partial charge on any atom is 0.254 e. The number of ether oxygens (including phenoxy) is 1. The van der Waals surface area contributed by atoms with Gasteiger partial charge in [0, 0.05) is 30.9 Å². The first-order chi connectivity index (χ1) is 17.5. The SMILES string of the molecule is COc1ccc(N2C[C@H](C(=O)N[C@@H](C(=O)N3CCCc4ccccc43)c3ccccc3)CC2=O)cc1. The van der Waals surface area contributed by atoms with E-state index in [1.54, 1.807) is 41.2 Å². The number of nitrogens with zero attached hydrogens (tertiary/aromatic N) is 2. The Morgan fingerprint density at radius 3 is 2.44 bits per heavy atom.